The summed E-state index contributed by atoms with van der Waals surface area (Å²) in [5, 5.41) is 9.61. The lowest BCUT2D eigenvalue weighted by molar-refractivity contribution is -0.136. The van der Waals surface area contributed by atoms with E-state index in [2.05, 4.69) is 0 Å². The zero-order chi connectivity index (χ0) is 18.9. The quantitative estimate of drug-likeness (QED) is 0.586. The number of amides is 2. The van der Waals surface area contributed by atoms with Crippen molar-refractivity contribution in [2.24, 2.45) is 5.73 Å². The van der Waals surface area contributed by atoms with Gasteiger partial charge in [0.25, 0.3) is 0 Å². The Morgan fingerprint density at radius 2 is 1.54 bits per heavy atom. The van der Waals surface area contributed by atoms with Gasteiger partial charge in [-0.15, -0.1) is 0 Å². The van der Waals surface area contributed by atoms with E-state index in [0.29, 0.717) is 12.8 Å². The molecular formula is C21H23N3O2. The summed E-state index contributed by atoms with van der Waals surface area (Å²) in [4.78, 5) is 26.1. The molecule has 0 unspecified atom stereocenters. The van der Waals surface area contributed by atoms with Crippen molar-refractivity contribution in [2.45, 2.75) is 38.1 Å². The van der Waals surface area contributed by atoms with E-state index in [0.717, 1.165) is 22.4 Å². The fraction of sp³-hybridized carbons (Fsp3) is 0.286. The third-order valence-electron chi connectivity index (χ3n) is 4.33. The summed E-state index contributed by atoms with van der Waals surface area (Å²) in [6.45, 7) is 1.98. The Labute approximate surface area is 154 Å². The van der Waals surface area contributed by atoms with E-state index in [4.69, 9.17) is 5.73 Å². The van der Waals surface area contributed by atoms with Gasteiger partial charge in [-0.1, -0.05) is 80.4 Å². The minimum absolute atomic E-state index is 0.376. The van der Waals surface area contributed by atoms with Crippen molar-refractivity contribution in [2.75, 3.05) is 0 Å². The number of primary amides is 1. The van der Waals surface area contributed by atoms with Crippen molar-refractivity contribution < 1.29 is 9.59 Å². The first kappa shape index (κ1) is 19.2. The Morgan fingerprint density at radius 1 is 1.04 bits per heavy atom. The van der Waals surface area contributed by atoms with Gasteiger partial charge >= 0.3 is 0 Å². The monoisotopic (exact) mass is 349 g/mol. The summed E-state index contributed by atoms with van der Waals surface area (Å²) in [6, 6.07) is 17.6. The van der Waals surface area contributed by atoms with Crippen molar-refractivity contribution in [1.29, 1.82) is 5.26 Å². The third-order valence-corrected chi connectivity index (χ3v) is 4.33. The summed E-state index contributed by atoms with van der Waals surface area (Å²) in [5.74, 6) is -1.77. The number of nitrogens with two attached hydrogens (primary N) is 1. The number of hydrogen-bond acceptors (Lipinski definition) is 3. The summed E-state index contributed by atoms with van der Waals surface area (Å²) in [6.07, 6.45) is 3.83. The van der Waals surface area contributed by atoms with Gasteiger partial charge in [-0.25, -0.2) is 4.90 Å². The standard InChI is InChI=1S/C21H23N3O2/c1-2-3-14-18(20(23)25)24(15-22)21(26)19(16-10-6-4-7-11-16)17-12-8-5-9-13-17/h4-13,18-19H,2-3,14H2,1H3,(H2,23,25)/t18-/m0/s1. The Bertz CT molecular complexity index is 729. The molecule has 0 aliphatic heterocycles. The normalized spacial score (nSPS) is 11.6. The zero-order valence-corrected chi connectivity index (χ0v) is 14.8. The van der Waals surface area contributed by atoms with Gasteiger partial charge in [0.2, 0.25) is 11.8 Å². The average molecular weight is 349 g/mol. The minimum Gasteiger partial charge on any atom is -0.368 e. The van der Waals surface area contributed by atoms with Crippen LogP contribution in [-0.2, 0) is 9.59 Å². The van der Waals surface area contributed by atoms with Crippen LogP contribution in [0, 0.1) is 11.5 Å². The van der Waals surface area contributed by atoms with Gasteiger partial charge in [0.05, 0.1) is 5.92 Å². The summed E-state index contributed by atoms with van der Waals surface area (Å²) >= 11 is 0. The van der Waals surface area contributed by atoms with Crippen molar-refractivity contribution in [3.8, 4) is 6.19 Å². The summed E-state index contributed by atoms with van der Waals surface area (Å²) in [5.41, 5.74) is 7.02. The number of carbonyl (C=O) groups excluding carboxylic acids is 2. The smallest absolute Gasteiger partial charge is 0.248 e. The molecule has 0 saturated carbocycles. The molecule has 134 valence electrons. The maximum absolute atomic E-state index is 13.3. The average Bonchev–Trinajstić information content (AvgIpc) is 2.66. The van der Waals surface area contributed by atoms with Crippen LogP contribution < -0.4 is 5.73 Å². The van der Waals surface area contributed by atoms with Crippen LogP contribution in [-0.4, -0.2) is 22.8 Å². The van der Waals surface area contributed by atoms with Crippen molar-refractivity contribution in [1.82, 2.24) is 4.90 Å². The molecule has 0 aliphatic rings. The maximum Gasteiger partial charge on any atom is 0.248 e. The van der Waals surface area contributed by atoms with Crippen molar-refractivity contribution >= 4 is 11.8 Å². The number of nitrogens with zero attached hydrogens (tertiary/aromatic N) is 2. The molecule has 2 N–H and O–H groups in total. The molecule has 2 aromatic carbocycles. The second-order valence-electron chi connectivity index (χ2n) is 6.12. The number of nitriles is 1. The highest BCUT2D eigenvalue weighted by Crippen LogP contribution is 2.28. The van der Waals surface area contributed by atoms with Gasteiger partial charge < -0.3 is 5.73 Å². The molecule has 5 nitrogen and oxygen atoms in total. The van der Waals surface area contributed by atoms with E-state index in [9.17, 15) is 14.9 Å². The molecule has 0 heterocycles. The first-order valence-corrected chi connectivity index (χ1v) is 8.72. The topological polar surface area (TPSA) is 87.2 Å². The third kappa shape index (κ3) is 4.48. The SMILES string of the molecule is CCCC[C@@H](C(N)=O)N(C#N)C(=O)C(c1ccccc1)c1ccccc1. The van der Waals surface area contributed by atoms with Crippen LogP contribution in [0.3, 0.4) is 0 Å². The van der Waals surface area contributed by atoms with Crippen LogP contribution in [0.25, 0.3) is 0 Å². The van der Waals surface area contributed by atoms with Crippen LogP contribution >= 0.6 is 0 Å². The van der Waals surface area contributed by atoms with E-state index in [1.807, 2.05) is 73.8 Å². The number of benzene rings is 2. The van der Waals surface area contributed by atoms with E-state index in [1.165, 1.54) is 0 Å². The lowest BCUT2D eigenvalue weighted by Gasteiger charge is -2.27. The van der Waals surface area contributed by atoms with Gasteiger partial charge in [-0.05, 0) is 17.5 Å². The number of rotatable bonds is 8. The molecule has 5 heteroatoms. The predicted octanol–water partition coefficient (Wildman–Crippen LogP) is 3.17. The first-order chi connectivity index (χ1) is 12.6. The van der Waals surface area contributed by atoms with Crippen molar-refractivity contribution in [3.63, 3.8) is 0 Å². The van der Waals surface area contributed by atoms with Crippen LogP contribution in [0.4, 0.5) is 0 Å². The fourth-order valence-electron chi connectivity index (χ4n) is 2.98. The molecule has 26 heavy (non-hydrogen) atoms. The van der Waals surface area contributed by atoms with Crippen LogP contribution in [0.2, 0.25) is 0 Å². The highest BCUT2D eigenvalue weighted by molar-refractivity contribution is 5.93. The highest BCUT2D eigenvalue weighted by Gasteiger charge is 2.34. The molecule has 0 fully saturated rings. The van der Waals surface area contributed by atoms with Crippen molar-refractivity contribution in [3.05, 3.63) is 71.8 Å². The largest absolute Gasteiger partial charge is 0.368 e. The highest BCUT2D eigenvalue weighted by atomic mass is 16.2. The molecule has 1 atom stereocenters. The van der Waals surface area contributed by atoms with E-state index < -0.39 is 23.8 Å². The van der Waals surface area contributed by atoms with Crippen LogP contribution in [0.1, 0.15) is 43.2 Å². The van der Waals surface area contributed by atoms with Gasteiger partial charge in [-0.3, -0.25) is 9.59 Å². The molecule has 0 spiro atoms. The van der Waals surface area contributed by atoms with Crippen LogP contribution in [0.5, 0.6) is 0 Å². The molecule has 0 bridgehead atoms. The van der Waals surface area contributed by atoms with E-state index in [-0.39, 0.29) is 0 Å². The molecule has 2 aromatic rings. The fourth-order valence-corrected chi connectivity index (χ4v) is 2.98. The Balaban J connectivity index is 2.44. The number of carbonyl (C=O) groups is 2. The molecule has 2 amide bonds. The molecule has 0 aliphatic carbocycles. The minimum atomic E-state index is -0.928. The number of hydrogen-bond donors (Lipinski definition) is 1. The first-order valence-electron chi connectivity index (χ1n) is 8.72. The number of unbranched alkanes of at least 4 members (excludes halogenated alkanes) is 1. The van der Waals surface area contributed by atoms with Gasteiger partial charge in [-0.2, -0.15) is 5.26 Å². The lowest BCUT2D eigenvalue weighted by atomic mass is 9.89. The molecule has 0 radical (unpaired) electrons. The zero-order valence-electron chi connectivity index (χ0n) is 14.8. The van der Waals surface area contributed by atoms with E-state index in [1.54, 1.807) is 0 Å². The maximum atomic E-state index is 13.3. The molecule has 0 aromatic heterocycles. The van der Waals surface area contributed by atoms with E-state index >= 15 is 0 Å². The Hall–Kier alpha value is -3.13. The molecule has 2 rings (SSSR count). The second-order valence-corrected chi connectivity index (χ2v) is 6.12. The predicted molar refractivity (Wildman–Crippen MR) is 99.7 cm³/mol. The Kier molecular flexibility index (Phi) is 6.92. The van der Waals surface area contributed by atoms with Gasteiger partial charge in [0.1, 0.15) is 6.04 Å². The van der Waals surface area contributed by atoms with Gasteiger partial charge in [0.15, 0.2) is 6.19 Å². The Morgan fingerprint density at radius 3 is 1.92 bits per heavy atom. The molecular weight excluding hydrogens is 326 g/mol. The van der Waals surface area contributed by atoms with Gasteiger partial charge in [0, 0.05) is 0 Å². The van der Waals surface area contributed by atoms with Crippen LogP contribution in [0.15, 0.2) is 60.7 Å². The summed E-state index contributed by atoms with van der Waals surface area (Å²) < 4.78 is 0. The lowest BCUT2D eigenvalue weighted by Crippen LogP contribution is -2.47. The second kappa shape index (κ2) is 9.38. The summed E-state index contributed by atoms with van der Waals surface area (Å²) in [7, 11) is 0. The molecule has 0 saturated heterocycles.